The summed E-state index contributed by atoms with van der Waals surface area (Å²) in [5, 5.41) is 14.3. The Morgan fingerprint density at radius 2 is 2.04 bits per heavy atom. The van der Waals surface area contributed by atoms with Crippen molar-refractivity contribution in [1.29, 1.82) is 0 Å². The fourth-order valence-corrected chi connectivity index (χ4v) is 3.29. The molecule has 0 unspecified atom stereocenters. The van der Waals surface area contributed by atoms with E-state index in [1.807, 2.05) is 0 Å². The number of methoxy groups -OCH3 is 1. The molecule has 2 N–H and O–H groups in total. The van der Waals surface area contributed by atoms with Crippen LogP contribution in [0.5, 0.6) is 11.5 Å². The van der Waals surface area contributed by atoms with Crippen LogP contribution in [0.1, 0.15) is 20.9 Å². The number of thiazole rings is 1. The number of carbonyl (C=O) groups is 1. The van der Waals surface area contributed by atoms with Gasteiger partial charge in [0.1, 0.15) is 15.7 Å². The van der Waals surface area contributed by atoms with Crippen LogP contribution >= 0.6 is 11.3 Å². The molecule has 0 aliphatic heterocycles. The van der Waals surface area contributed by atoms with Gasteiger partial charge in [-0.15, -0.1) is 11.3 Å². The Morgan fingerprint density at radius 1 is 1.30 bits per heavy atom. The molecule has 6 nitrogen and oxygen atoms in total. The number of aryl methyl sites for hydroxylation is 1. The van der Waals surface area contributed by atoms with Gasteiger partial charge in [-0.25, -0.2) is 14.8 Å². The summed E-state index contributed by atoms with van der Waals surface area (Å²) >= 11 is 1.20. The number of phenols is 1. The zero-order valence-corrected chi connectivity index (χ0v) is 15.4. The molecule has 0 saturated heterocycles. The van der Waals surface area contributed by atoms with Crippen molar-refractivity contribution in [2.24, 2.45) is 5.10 Å². The highest BCUT2D eigenvalue weighted by Gasteiger charge is 2.16. The van der Waals surface area contributed by atoms with Crippen LogP contribution in [0.3, 0.4) is 0 Å². The van der Waals surface area contributed by atoms with Crippen molar-refractivity contribution in [3.05, 3.63) is 64.4 Å². The van der Waals surface area contributed by atoms with Crippen molar-refractivity contribution < 1.29 is 19.0 Å². The van der Waals surface area contributed by atoms with Gasteiger partial charge in [-0.1, -0.05) is 0 Å². The first-order valence-electron chi connectivity index (χ1n) is 7.91. The summed E-state index contributed by atoms with van der Waals surface area (Å²) in [5.74, 6) is -0.393. The number of amides is 1. The molecule has 0 fully saturated rings. The maximum absolute atomic E-state index is 13.0. The third-order valence-electron chi connectivity index (χ3n) is 3.68. The number of ether oxygens (including phenoxy) is 1. The summed E-state index contributed by atoms with van der Waals surface area (Å²) in [4.78, 5) is 17.1. The Kier molecular flexibility index (Phi) is 5.46. The number of carbonyl (C=O) groups excluding carboxylic acids is 1. The molecular formula is C19H16FN3O3S. The average molecular weight is 385 g/mol. The first kappa shape index (κ1) is 18.5. The summed E-state index contributed by atoms with van der Waals surface area (Å²) in [7, 11) is 1.46. The first-order valence-corrected chi connectivity index (χ1v) is 8.73. The first-order chi connectivity index (χ1) is 13.0. The van der Waals surface area contributed by atoms with E-state index >= 15 is 0 Å². The quantitative estimate of drug-likeness (QED) is 0.518. The molecule has 0 aliphatic rings. The van der Waals surface area contributed by atoms with Crippen LogP contribution in [0.15, 0.2) is 47.6 Å². The highest BCUT2D eigenvalue weighted by atomic mass is 32.1. The van der Waals surface area contributed by atoms with E-state index in [4.69, 9.17) is 4.74 Å². The molecule has 0 bridgehead atoms. The summed E-state index contributed by atoms with van der Waals surface area (Å²) in [5.41, 5.74) is 4.34. The third kappa shape index (κ3) is 4.29. The monoisotopic (exact) mass is 385 g/mol. The molecule has 1 aromatic heterocycles. The zero-order chi connectivity index (χ0) is 19.4. The molecule has 138 valence electrons. The zero-order valence-electron chi connectivity index (χ0n) is 14.6. The van der Waals surface area contributed by atoms with Gasteiger partial charge in [-0.3, -0.25) is 4.79 Å². The minimum atomic E-state index is -0.396. The molecule has 2 aromatic carbocycles. The lowest BCUT2D eigenvalue weighted by atomic mass is 10.2. The number of nitrogens with one attached hydrogen (secondary N) is 1. The lowest BCUT2D eigenvalue weighted by Gasteiger charge is -2.03. The van der Waals surface area contributed by atoms with E-state index < -0.39 is 5.91 Å². The molecule has 0 aliphatic carbocycles. The Bertz CT molecular complexity index is 1000. The maximum Gasteiger partial charge on any atom is 0.283 e. The molecular weight excluding hydrogens is 369 g/mol. The van der Waals surface area contributed by atoms with Crippen LogP contribution in [0.25, 0.3) is 10.6 Å². The van der Waals surface area contributed by atoms with Crippen molar-refractivity contribution >= 4 is 23.5 Å². The van der Waals surface area contributed by atoms with E-state index in [1.165, 1.54) is 42.9 Å². The normalized spacial score (nSPS) is 10.9. The number of aromatic nitrogens is 1. The van der Waals surface area contributed by atoms with Gasteiger partial charge in [0.15, 0.2) is 11.5 Å². The average Bonchev–Trinajstić information content (AvgIpc) is 3.04. The highest BCUT2D eigenvalue weighted by Crippen LogP contribution is 2.28. The van der Waals surface area contributed by atoms with Gasteiger partial charge in [0.05, 0.1) is 19.0 Å². The summed E-state index contributed by atoms with van der Waals surface area (Å²) in [6, 6.07) is 10.7. The van der Waals surface area contributed by atoms with Crippen LogP contribution < -0.4 is 10.2 Å². The van der Waals surface area contributed by atoms with E-state index in [0.717, 1.165) is 5.56 Å². The van der Waals surface area contributed by atoms with Crippen molar-refractivity contribution in [2.45, 2.75) is 6.92 Å². The number of hydrazone groups is 1. The molecule has 3 rings (SSSR count). The number of aromatic hydroxyl groups is 1. The summed E-state index contributed by atoms with van der Waals surface area (Å²) in [6.07, 6.45) is 1.41. The number of hydrogen-bond donors (Lipinski definition) is 2. The molecule has 1 amide bonds. The number of phenolic OH excluding ortho intramolecular Hbond substituents is 1. The minimum absolute atomic E-state index is 0.0185. The smallest absolute Gasteiger partial charge is 0.283 e. The van der Waals surface area contributed by atoms with Gasteiger partial charge in [-0.2, -0.15) is 5.10 Å². The van der Waals surface area contributed by atoms with Gasteiger partial charge < -0.3 is 9.84 Å². The SMILES string of the molecule is COc1ccc(C=NNC(=O)c2sc(-c3ccc(F)cc3)nc2C)cc1O. The molecule has 8 heteroatoms. The highest BCUT2D eigenvalue weighted by molar-refractivity contribution is 7.17. The summed E-state index contributed by atoms with van der Waals surface area (Å²) < 4.78 is 18.0. The third-order valence-corrected chi connectivity index (χ3v) is 4.88. The molecule has 0 spiro atoms. The molecule has 0 atom stereocenters. The van der Waals surface area contributed by atoms with E-state index in [-0.39, 0.29) is 11.6 Å². The Hall–Kier alpha value is -3.26. The van der Waals surface area contributed by atoms with Crippen LogP contribution in [0.2, 0.25) is 0 Å². The molecule has 0 radical (unpaired) electrons. The molecule has 1 heterocycles. The standard InChI is InChI=1S/C19H16FN3O3S/c1-11-17(27-19(22-11)13-4-6-14(20)7-5-13)18(25)23-21-10-12-3-8-16(26-2)15(24)9-12/h3-10,24H,1-2H3,(H,23,25). The topological polar surface area (TPSA) is 83.8 Å². The van der Waals surface area contributed by atoms with E-state index in [1.54, 1.807) is 31.2 Å². The second-order valence-electron chi connectivity index (χ2n) is 5.57. The predicted molar refractivity (Wildman–Crippen MR) is 102 cm³/mol. The maximum atomic E-state index is 13.0. The molecule has 0 saturated carbocycles. The number of nitrogens with zero attached hydrogens (tertiary/aromatic N) is 2. The van der Waals surface area contributed by atoms with Crippen LogP contribution in [-0.4, -0.2) is 29.3 Å². The number of benzene rings is 2. The minimum Gasteiger partial charge on any atom is -0.504 e. The van der Waals surface area contributed by atoms with E-state index in [9.17, 15) is 14.3 Å². The van der Waals surface area contributed by atoms with Crippen LogP contribution in [-0.2, 0) is 0 Å². The second-order valence-corrected chi connectivity index (χ2v) is 6.57. The predicted octanol–water partition coefficient (Wildman–Crippen LogP) is 3.74. The van der Waals surface area contributed by atoms with Gasteiger partial charge >= 0.3 is 0 Å². The van der Waals surface area contributed by atoms with Crippen molar-refractivity contribution in [3.63, 3.8) is 0 Å². The fraction of sp³-hybridized carbons (Fsp3) is 0.105. The number of rotatable bonds is 5. The van der Waals surface area contributed by atoms with Gasteiger partial charge in [0.2, 0.25) is 0 Å². The van der Waals surface area contributed by atoms with E-state index in [0.29, 0.717) is 26.9 Å². The molecule has 3 aromatic rings. The Morgan fingerprint density at radius 3 is 2.70 bits per heavy atom. The Labute approximate surface area is 159 Å². The number of halogens is 1. The molecule has 27 heavy (non-hydrogen) atoms. The summed E-state index contributed by atoms with van der Waals surface area (Å²) in [6.45, 7) is 1.73. The Balaban J connectivity index is 1.71. The van der Waals surface area contributed by atoms with Crippen LogP contribution in [0.4, 0.5) is 4.39 Å². The lowest BCUT2D eigenvalue weighted by Crippen LogP contribution is -2.17. The van der Waals surface area contributed by atoms with Crippen molar-refractivity contribution in [1.82, 2.24) is 10.4 Å². The van der Waals surface area contributed by atoms with E-state index in [2.05, 4.69) is 15.5 Å². The number of hydrogen-bond acceptors (Lipinski definition) is 6. The lowest BCUT2D eigenvalue weighted by molar-refractivity contribution is 0.0958. The van der Waals surface area contributed by atoms with Gasteiger partial charge in [-0.05, 0) is 55.0 Å². The fourth-order valence-electron chi connectivity index (χ4n) is 2.33. The largest absolute Gasteiger partial charge is 0.504 e. The van der Waals surface area contributed by atoms with Crippen molar-refractivity contribution in [2.75, 3.05) is 7.11 Å². The van der Waals surface area contributed by atoms with Gasteiger partial charge in [0, 0.05) is 5.56 Å². The second kappa shape index (κ2) is 7.96. The van der Waals surface area contributed by atoms with Crippen LogP contribution in [0, 0.1) is 12.7 Å². The van der Waals surface area contributed by atoms with Crippen molar-refractivity contribution in [3.8, 4) is 22.1 Å². The van der Waals surface area contributed by atoms with Gasteiger partial charge in [0.25, 0.3) is 5.91 Å².